The molecule has 0 aliphatic carbocycles. The van der Waals surface area contributed by atoms with Crippen molar-refractivity contribution < 1.29 is 4.74 Å². The number of nitrogens with two attached hydrogens (primary N) is 1. The second-order valence-electron chi connectivity index (χ2n) is 10.1. The molecule has 38 heavy (non-hydrogen) atoms. The van der Waals surface area contributed by atoms with Gasteiger partial charge in [-0.2, -0.15) is 0 Å². The van der Waals surface area contributed by atoms with Gasteiger partial charge in [0.15, 0.2) is 0 Å². The predicted octanol–water partition coefficient (Wildman–Crippen LogP) is 4.41. The summed E-state index contributed by atoms with van der Waals surface area (Å²) in [6, 6.07) is 7.27. The zero-order chi connectivity index (χ0) is 26.3. The molecular weight excluding hydrogens is 522 g/mol. The molecule has 0 amide bonds. The highest BCUT2D eigenvalue weighted by molar-refractivity contribution is 7.99. The highest BCUT2D eigenvalue weighted by atomic mass is 35.5. The summed E-state index contributed by atoms with van der Waals surface area (Å²) in [4.78, 5) is 34.2. The van der Waals surface area contributed by atoms with Gasteiger partial charge in [-0.1, -0.05) is 29.4 Å². The fourth-order valence-electron chi connectivity index (χ4n) is 5.39. The summed E-state index contributed by atoms with van der Waals surface area (Å²) in [5.74, 6) is 1.26. The molecule has 1 atom stereocenters. The number of rotatable bonds is 5. The molecule has 6 rings (SSSR count). The number of fused-ring (bicyclic) bond motifs is 1. The van der Waals surface area contributed by atoms with Crippen LogP contribution in [0.1, 0.15) is 31.7 Å². The van der Waals surface area contributed by atoms with Crippen LogP contribution in [0.15, 0.2) is 63.9 Å². The molecule has 2 fully saturated rings. The summed E-state index contributed by atoms with van der Waals surface area (Å²) >= 11 is 8.12. The van der Waals surface area contributed by atoms with Gasteiger partial charge < -0.3 is 15.4 Å². The van der Waals surface area contributed by atoms with Crippen LogP contribution in [0.4, 0.5) is 11.6 Å². The van der Waals surface area contributed by atoms with Crippen molar-refractivity contribution in [3.05, 3.63) is 70.1 Å². The predicted molar refractivity (Wildman–Crippen MR) is 149 cm³/mol. The van der Waals surface area contributed by atoms with Crippen LogP contribution < -0.4 is 16.2 Å². The maximum absolute atomic E-state index is 13.3. The Kier molecular flexibility index (Phi) is 6.71. The number of hydrogen-bond acceptors (Lipinski definition) is 9. The lowest BCUT2D eigenvalue weighted by Crippen LogP contribution is -2.41. The first kappa shape index (κ1) is 25.1. The summed E-state index contributed by atoms with van der Waals surface area (Å²) in [7, 11) is 0. The quantitative estimate of drug-likeness (QED) is 0.386. The second-order valence-corrected chi connectivity index (χ2v) is 11.6. The van der Waals surface area contributed by atoms with E-state index in [9.17, 15) is 4.79 Å². The summed E-state index contributed by atoms with van der Waals surface area (Å²) in [6.07, 6.45) is 10.4. The minimum absolute atomic E-state index is 0.239. The number of anilines is 2. The lowest BCUT2D eigenvalue weighted by molar-refractivity contribution is 0.0976. The van der Waals surface area contributed by atoms with Gasteiger partial charge in [-0.15, -0.1) is 0 Å². The molecule has 5 heterocycles. The highest BCUT2D eigenvalue weighted by Gasteiger charge is 2.41. The van der Waals surface area contributed by atoms with E-state index in [0.29, 0.717) is 43.2 Å². The van der Waals surface area contributed by atoms with E-state index >= 15 is 0 Å². The Balaban J connectivity index is 1.19. The SMILES string of the molecule is C[C@H]1CC2(CCN(c3cnc(Sc4ccc5ncn(Cc6cccnc6N)c(=O)c5c4Cl)cn3)CC2)CO1. The molecule has 196 valence electrons. The van der Waals surface area contributed by atoms with Crippen molar-refractivity contribution in [2.45, 2.75) is 48.8 Å². The van der Waals surface area contributed by atoms with Crippen LogP contribution in [-0.2, 0) is 11.3 Å². The lowest BCUT2D eigenvalue weighted by atomic mass is 9.77. The minimum atomic E-state index is -0.239. The van der Waals surface area contributed by atoms with Crippen LogP contribution in [-0.4, -0.2) is 50.3 Å². The van der Waals surface area contributed by atoms with Crippen molar-refractivity contribution >= 4 is 45.9 Å². The zero-order valence-electron chi connectivity index (χ0n) is 21.0. The Morgan fingerprint density at radius 2 is 2.00 bits per heavy atom. The van der Waals surface area contributed by atoms with Gasteiger partial charge in [-0.3, -0.25) is 9.36 Å². The van der Waals surface area contributed by atoms with Gasteiger partial charge in [0.2, 0.25) is 0 Å². The van der Waals surface area contributed by atoms with Gasteiger partial charge in [0.1, 0.15) is 16.7 Å². The van der Waals surface area contributed by atoms with Crippen LogP contribution in [0.3, 0.4) is 0 Å². The van der Waals surface area contributed by atoms with E-state index in [0.717, 1.165) is 50.3 Å². The van der Waals surface area contributed by atoms with Gasteiger partial charge >= 0.3 is 0 Å². The number of aromatic nitrogens is 5. The van der Waals surface area contributed by atoms with Crippen molar-refractivity contribution in [2.75, 3.05) is 30.3 Å². The van der Waals surface area contributed by atoms with Crippen molar-refractivity contribution in [3.63, 3.8) is 0 Å². The van der Waals surface area contributed by atoms with Crippen molar-refractivity contribution in [2.24, 2.45) is 5.41 Å². The molecule has 2 aliphatic heterocycles. The highest BCUT2D eigenvalue weighted by Crippen LogP contribution is 2.42. The summed E-state index contributed by atoms with van der Waals surface area (Å²) in [6.45, 7) is 5.20. The van der Waals surface area contributed by atoms with Crippen molar-refractivity contribution in [1.29, 1.82) is 0 Å². The van der Waals surface area contributed by atoms with Gasteiger partial charge in [0, 0.05) is 29.7 Å². The van der Waals surface area contributed by atoms with Crippen molar-refractivity contribution in [1.82, 2.24) is 24.5 Å². The molecule has 0 radical (unpaired) electrons. The molecular formula is C27H28ClN7O2S. The van der Waals surface area contributed by atoms with Gasteiger partial charge in [0.05, 0.1) is 53.9 Å². The normalized spacial score (nSPS) is 18.9. The molecule has 2 N–H and O–H groups in total. The second kappa shape index (κ2) is 10.2. The number of pyridine rings is 1. The fraction of sp³-hybridized carbons (Fsp3) is 0.370. The molecule has 0 saturated carbocycles. The zero-order valence-corrected chi connectivity index (χ0v) is 22.6. The topological polar surface area (TPSA) is 112 Å². The molecule has 11 heteroatoms. The molecule has 2 saturated heterocycles. The van der Waals surface area contributed by atoms with Crippen LogP contribution in [0.2, 0.25) is 5.02 Å². The van der Waals surface area contributed by atoms with Crippen LogP contribution in [0, 0.1) is 5.41 Å². The molecule has 0 unspecified atom stereocenters. The number of nitrogens with zero attached hydrogens (tertiary/aromatic N) is 6. The van der Waals surface area contributed by atoms with Crippen molar-refractivity contribution in [3.8, 4) is 0 Å². The minimum Gasteiger partial charge on any atom is -0.383 e. The summed E-state index contributed by atoms with van der Waals surface area (Å²) < 4.78 is 7.34. The third kappa shape index (κ3) is 4.83. The number of hydrogen-bond donors (Lipinski definition) is 1. The van der Waals surface area contributed by atoms with Crippen LogP contribution in [0.25, 0.3) is 10.9 Å². The Hall–Kier alpha value is -3.21. The van der Waals surface area contributed by atoms with Crippen LogP contribution >= 0.6 is 23.4 Å². The maximum atomic E-state index is 13.3. The van der Waals surface area contributed by atoms with E-state index in [1.807, 2.05) is 18.3 Å². The average Bonchev–Trinajstić information content (AvgIpc) is 3.29. The molecule has 3 aromatic heterocycles. The first-order chi connectivity index (χ1) is 18.4. The maximum Gasteiger partial charge on any atom is 0.263 e. The lowest BCUT2D eigenvalue weighted by Gasteiger charge is -2.38. The van der Waals surface area contributed by atoms with Gasteiger partial charge in [-0.25, -0.2) is 19.9 Å². The first-order valence-corrected chi connectivity index (χ1v) is 13.8. The molecule has 1 aromatic carbocycles. The third-order valence-corrected chi connectivity index (χ3v) is 9.02. The average molecular weight is 550 g/mol. The molecule has 2 aliphatic rings. The monoisotopic (exact) mass is 549 g/mol. The Labute approximate surface area is 229 Å². The molecule has 1 spiro atoms. The summed E-state index contributed by atoms with van der Waals surface area (Å²) in [5.41, 5.74) is 7.32. The fourth-order valence-corrected chi connectivity index (χ4v) is 6.51. The largest absolute Gasteiger partial charge is 0.383 e. The molecule has 0 bridgehead atoms. The smallest absolute Gasteiger partial charge is 0.263 e. The Bertz CT molecular complexity index is 1540. The van der Waals surface area contributed by atoms with E-state index in [4.69, 9.17) is 22.1 Å². The Morgan fingerprint density at radius 3 is 2.71 bits per heavy atom. The number of nitrogen functional groups attached to an aromatic ring is 1. The first-order valence-electron chi connectivity index (χ1n) is 12.6. The number of benzene rings is 1. The number of halogens is 1. The Morgan fingerprint density at radius 1 is 1.16 bits per heavy atom. The number of piperidine rings is 1. The molecule has 9 nitrogen and oxygen atoms in total. The standard InChI is InChI=1S/C27H28ClN7O2S/c1-17-11-27(15-37-17)6-9-34(10-7-27)21-12-32-22(13-31-21)38-20-5-4-19-23(24(20)28)26(36)35(16-33-19)14-18-3-2-8-30-25(18)29/h2-5,8,12-13,16-17H,6-7,9-11,14-15H2,1H3,(H2,29,30)/t17-/m0/s1. The van der Waals surface area contributed by atoms with E-state index in [1.165, 1.54) is 22.7 Å². The van der Waals surface area contributed by atoms with Gasteiger partial charge in [-0.05, 0) is 49.8 Å². The van der Waals surface area contributed by atoms with E-state index < -0.39 is 0 Å². The van der Waals surface area contributed by atoms with Gasteiger partial charge in [0.25, 0.3) is 5.56 Å². The summed E-state index contributed by atoms with van der Waals surface area (Å²) in [5, 5.41) is 1.41. The molecule has 4 aromatic rings. The van der Waals surface area contributed by atoms with Crippen LogP contribution in [0.5, 0.6) is 0 Å². The number of ether oxygens (including phenoxy) is 1. The third-order valence-electron chi connectivity index (χ3n) is 7.53. The van der Waals surface area contributed by atoms with E-state index in [1.54, 1.807) is 24.5 Å². The van der Waals surface area contributed by atoms with E-state index in [2.05, 4.69) is 31.8 Å². The van der Waals surface area contributed by atoms with E-state index in [-0.39, 0.29) is 12.1 Å².